The Labute approximate surface area is 301 Å². The van der Waals surface area contributed by atoms with E-state index in [1.807, 2.05) is 62.1 Å². The van der Waals surface area contributed by atoms with Crippen molar-refractivity contribution in [1.29, 1.82) is 0 Å². The lowest BCUT2D eigenvalue weighted by atomic mass is 9.95. The number of benzene rings is 2. The molecule has 12 heteroatoms. The van der Waals surface area contributed by atoms with Gasteiger partial charge < -0.3 is 19.3 Å². The van der Waals surface area contributed by atoms with Gasteiger partial charge in [0.1, 0.15) is 12.2 Å². The maximum Gasteiger partial charge on any atom is 0.410 e. The van der Waals surface area contributed by atoms with E-state index < -0.39 is 5.60 Å². The summed E-state index contributed by atoms with van der Waals surface area (Å²) in [5.74, 6) is 0.250. The molecule has 49 heavy (non-hydrogen) atoms. The summed E-state index contributed by atoms with van der Waals surface area (Å²) in [5, 5.41) is 2.26. The molecule has 4 fully saturated rings. The zero-order valence-electron chi connectivity index (χ0n) is 28.5. The van der Waals surface area contributed by atoms with E-state index in [-0.39, 0.29) is 47.9 Å². The molecule has 0 aliphatic carbocycles. The third kappa shape index (κ3) is 6.50. The largest absolute Gasteiger partial charge is 0.461 e. The average Bonchev–Trinajstić information content (AvgIpc) is 3.72. The van der Waals surface area contributed by atoms with Gasteiger partial charge in [0.2, 0.25) is 0 Å². The number of piperazine rings is 1. The number of halogens is 2. The van der Waals surface area contributed by atoms with Crippen molar-refractivity contribution in [1.82, 2.24) is 19.8 Å². The van der Waals surface area contributed by atoms with Crippen LogP contribution in [0.15, 0.2) is 53.5 Å². The molecule has 1 aromatic heterocycles. The van der Waals surface area contributed by atoms with Crippen LogP contribution < -0.4 is 14.5 Å². The summed E-state index contributed by atoms with van der Waals surface area (Å²) in [7, 11) is 0. The van der Waals surface area contributed by atoms with E-state index in [2.05, 4.69) is 32.3 Å². The van der Waals surface area contributed by atoms with Crippen LogP contribution in [-0.4, -0.2) is 94.3 Å². The van der Waals surface area contributed by atoms with Crippen molar-refractivity contribution in [2.75, 3.05) is 49.1 Å². The van der Waals surface area contributed by atoms with Crippen molar-refractivity contribution in [2.45, 2.75) is 82.5 Å². The molecule has 5 heterocycles. The molecule has 0 spiro atoms. The van der Waals surface area contributed by atoms with Crippen LogP contribution in [-0.2, 0) is 4.74 Å². The second-order valence-corrected chi connectivity index (χ2v) is 15.9. The summed E-state index contributed by atoms with van der Waals surface area (Å²) >= 11 is 10.5. The summed E-state index contributed by atoms with van der Waals surface area (Å²) in [4.78, 5) is 45.9. The molecule has 2 aromatic carbocycles. The van der Waals surface area contributed by atoms with Crippen LogP contribution in [0.2, 0.25) is 5.02 Å². The minimum absolute atomic E-state index is 0.0203. The third-order valence-corrected chi connectivity index (χ3v) is 11.4. The molecule has 3 aromatic rings. The molecule has 2 amide bonds. The first-order chi connectivity index (χ1) is 23.5. The summed E-state index contributed by atoms with van der Waals surface area (Å²) in [6.45, 7) is 13.6. The summed E-state index contributed by atoms with van der Waals surface area (Å²) < 4.78 is 12.7. The second kappa shape index (κ2) is 13.4. The number of carbonyl (C=O) groups excluding carboxylic acids is 2. The molecule has 4 aliphatic heterocycles. The first-order valence-corrected chi connectivity index (χ1v) is 18.5. The highest BCUT2D eigenvalue weighted by Crippen LogP contribution is 2.41. The molecule has 0 saturated carbocycles. The van der Waals surface area contributed by atoms with Gasteiger partial charge in [-0.2, -0.15) is 9.97 Å². The van der Waals surface area contributed by atoms with Gasteiger partial charge in [0, 0.05) is 25.0 Å². The quantitative estimate of drug-likeness (QED) is 0.219. The Morgan fingerprint density at radius 2 is 1.76 bits per heavy atom. The van der Waals surface area contributed by atoms with Crippen molar-refractivity contribution < 1.29 is 19.1 Å². The summed E-state index contributed by atoms with van der Waals surface area (Å²) in [5.41, 5.74) is 0.260. The normalized spacial score (nSPS) is 21.6. The lowest BCUT2D eigenvalue weighted by Crippen LogP contribution is -2.57. The van der Waals surface area contributed by atoms with E-state index in [1.54, 1.807) is 11.0 Å². The third-order valence-electron chi connectivity index (χ3n) is 10.4. The first kappa shape index (κ1) is 34.1. The van der Waals surface area contributed by atoms with Crippen LogP contribution in [0.1, 0.15) is 69.8 Å². The number of rotatable bonds is 8. The maximum atomic E-state index is 14.7. The van der Waals surface area contributed by atoms with Gasteiger partial charge in [0.15, 0.2) is 11.5 Å². The van der Waals surface area contributed by atoms with Crippen molar-refractivity contribution >= 4 is 61.8 Å². The number of ether oxygens (including phenoxy) is 2. The van der Waals surface area contributed by atoms with Crippen LogP contribution >= 0.6 is 27.5 Å². The topological polar surface area (TPSA) is 91.3 Å². The second-order valence-electron chi connectivity index (χ2n) is 14.7. The molecule has 10 nitrogen and oxygen atoms in total. The Morgan fingerprint density at radius 3 is 2.41 bits per heavy atom. The monoisotopic (exact) mass is 750 g/mol. The smallest absolute Gasteiger partial charge is 0.410 e. The molecule has 0 radical (unpaired) electrons. The highest BCUT2D eigenvalue weighted by molar-refractivity contribution is 9.10. The molecular weight excluding hydrogens is 708 g/mol. The fraction of sp³-hybridized carbons (Fsp3) is 0.514. The number of anilines is 2. The van der Waals surface area contributed by atoms with E-state index in [1.165, 1.54) is 0 Å². The minimum Gasteiger partial charge on any atom is -0.461 e. The van der Waals surface area contributed by atoms with Crippen LogP contribution in [0.4, 0.5) is 16.3 Å². The van der Waals surface area contributed by atoms with Crippen LogP contribution in [0.25, 0.3) is 10.8 Å². The van der Waals surface area contributed by atoms with Gasteiger partial charge in [-0.05, 0) is 106 Å². The molecular formula is C37H44BrClN6O4. The fourth-order valence-corrected chi connectivity index (χ4v) is 9.10. The SMILES string of the molecule is C=CCN(C(=O)c1nc(OCC23CCCN2CCC3)nc(N2C[C@H]3CC[C@@H](C2)N3C(=O)OC(C)(C)C)c1Br)c1cccc2cccc(Cl)c12. The number of carbonyl (C=O) groups is 2. The van der Waals surface area contributed by atoms with Crippen molar-refractivity contribution in [3.8, 4) is 6.01 Å². The van der Waals surface area contributed by atoms with Gasteiger partial charge in [-0.3, -0.25) is 14.6 Å². The van der Waals surface area contributed by atoms with E-state index in [4.69, 9.17) is 31.0 Å². The maximum absolute atomic E-state index is 14.7. The molecule has 260 valence electrons. The van der Waals surface area contributed by atoms with E-state index >= 15 is 0 Å². The first-order valence-electron chi connectivity index (χ1n) is 17.3. The summed E-state index contributed by atoms with van der Waals surface area (Å²) in [6, 6.07) is 11.6. The number of hydrogen-bond acceptors (Lipinski definition) is 8. The fourth-order valence-electron chi connectivity index (χ4n) is 8.23. The van der Waals surface area contributed by atoms with E-state index in [0.29, 0.717) is 40.7 Å². The van der Waals surface area contributed by atoms with Crippen molar-refractivity contribution in [2.24, 2.45) is 0 Å². The Bertz CT molecular complexity index is 1750. The number of amides is 2. The number of hydrogen-bond donors (Lipinski definition) is 0. The molecule has 4 saturated heterocycles. The molecule has 2 atom stereocenters. The van der Waals surface area contributed by atoms with Crippen LogP contribution in [0, 0.1) is 0 Å². The Hall–Kier alpha value is -3.41. The van der Waals surface area contributed by atoms with Gasteiger partial charge in [-0.1, -0.05) is 41.9 Å². The number of fused-ring (bicyclic) bond motifs is 4. The van der Waals surface area contributed by atoms with Crippen molar-refractivity contribution in [3.05, 3.63) is 64.2 Å². The zero-order valence-corrected chi connectivity index (χ0v) is 30.8. The minimum atomic E-state index is -0.579. The predicted molar refractivity (Wildman–Crippen MR) is 196 cm³/mol. The lowest BCUT2D eigenvalue weighted by molar-refractivity contribution is 0.0122. The standard InChI is InChI=1S/C37H44BrClN6O4/c1-5-18-44(28-13-7-11-24-10-6-12-27(39)29(24)28)33(46)31-30(38)32(41-34(40-31)48-23-37-16-8-19-43(37)20-9-17-37)42-21-25-14-15-26(22-42)45(25)35(47)49-36(2,3)4/h5-7,10-13,25-26H,1,8-9,14-23H2,2-4H3/t25-,26+. The van der Waals surface area contributed by atoms with Gasteiger partial charge in [-0.25, -0.2) is 4.79 Å². The van der Waals surface area contributed by atoms with Gasteiger partial charge >= 0.3 is 12.1 Å². The zero-order chi connectivity index (χ0) is 34.5. The molecule has 4 aliphatic rings. The van der Waals surface area contributed by atoms with Gasteiger partial charge in [-0.15, -0.1) is 6.58 Å². The van der Waals surface area contributed by atoms with E-state index in [0.717, 1.165) is 62.4 Å². The molecule has 0 unspecified atom stereocenters. The highest BCUT2D eigenvalue weighted by atomic mass is 79.9. The van der Waals surface area contributed by atoms with Crippen molar-refractivity contribution in [3.63, 3.8) is 0 Å². The number of aromatic nitrogens is 2. The number of nitrogens with zero attached hydrogens (tertiary/aromatic N) is 6. The predicted octanol–water partition coefficient (Wildman–Crippen LogP) is 7.47. The molecule has 2 bridgehead atoms. The average molecular weight is 752 g/mol. The van der Waals surface area contributed by atoms with Crippen LogP contribution in [0.5, 0.6) is 6.01 Å². The van der Waals surface area contributed by atoms with Gasteiger partial charge in [0.05, 0.1) is 32.8 Å². The Morgan fingerprint density at radius 1 is 1.08 bits per heavy atom. The highest BCUT2D eigenvalue weighted by Gasteiger charge is 2.47. The Kier molecular flexibility index (Phi) is 9.30. The molecule has 0 N–H and O–H groups in total. The van der Waals surface area contributed by atoms with Crippen LogP contribution in [0.3, 0.4) is 0 Å². The van der Waals surface area contributed by atoms with Gasteiger partial charge in [0.25, 0.3) is 5.91 Å². The summed E-state index contributed by atoms with van der Waals surface area (Å²) in [6.07, 6.45) is 7.59. The Balaban J connectivity index is 1.26. The lowest BCUT2D eigenvalue weighted by Gasteiger charge is -2.42. The molecule has 7 rings (SSSR count). The van der Waals surface area contributed by atoms with E-state index in [9.17, 15) is 9.59 Å².